The second-order valence-corrected chi connectivity index (χ2v) is 5.67. The van der Waals surface area contributed by atoms with Gasteiger partial charge in [-0.25, -0.2) is 0 Å². The molecule has 1 aromatic heterocycles. The molecule has 2 heterocycles. The van der Waals surface area contributed by atoms with Gasteiger partial charge in [-0.15, -0.1) is 0 Å². The molecule has 1 saturated heterocycles. The van der Waals surface area contributed by atoms with E-state index in [1.807, 2.05) is 6.07 Å². The highest BCUT2D eigenvalue weighted by Gasteiger charge is 2.22. The molecule has 1 aromatic rings. The Bertz CT molecular complexity index is 430. The summed E-state index contributed by atoms with van der Waals surface area (Å²) < 4.78 is 0. The highest BCUT2D eigenvalue weighted by atomic mass is 16.2. The number of rotatable bonds is 3. The summed E-state index contributed by atoms with van der Waals surface area (Å²) >= 11 is 0. The highest BCUT2D eigenvalue weighted by molar-refractivity contribution is 5.92. The number of nitrogens with zero attached hydrogens (tertiary/aromatic N) is 1. The van der Waals surface area contributed by atoms with Crippen LogP contribution in [0.25, 0.3) is 0 Å². The molecule has 3 rings (SSSR count). The lowest BCUT2D eigenvalue weighted by Gasteiger charge is -2.21. The Morgan fingerprint density at radius 3 is 2.74 bits per heavy atom. The van der Waals surface area contributed by atoms with Gasteiger partial charge >= 0.3 is 0 Å². The van der Waals surface area contributed by atoms with Gasteiger partial charge in [-0.1, -0.05) is 19.3 Å². The van der Waals surface area contributed by atoms with E-state index in [0.717, 1.165) is 31.5 Å². The fourth-order valence-electron chi connectivity index (χ4n) is 3.08. The standard InChI is InChI=1S/C14H22N4O/c19-14(16-10-5-1-2-6-10)13-9-12(17-18-13)11-7-3-4-8-15-11/h9-11,15H,1-8H2,(H,16,19)(H,17,18)/t11-/m1/s1. The van der Waals surface area contributed by atoms with Gasteiger partial charge in [0, 0.05) is 12.1 Å². The van der Waals surface area contributed by atoms with Gasteiger partial charge in [-0.05, 0) is 38.3 Å². The van der Waals surface area contributed by atoms with Crippen LogP contribution >= 0.6 is 0 Å². The number of H-pyrrole nitrogens is 1. The molecular weight excluding hydrogens is 240 g/mol. The van der Waals surface area contributed by atoms with Crippen molar-refractivity contribution in [1.82, 2.24) is 20.8 Å². The van der Waals surface area contributed by atoms with Crippen molar-refractivity contribution in [3.8, 4) is 0 Å². The van der Waals surface area contributed by atoms with Crippen LogP contribution in [0, 0.1) is 0 Å². The first kappa shape index (κ1) is 12.7. The molecular formula is C14H22N4O. The maximum Gasteiger partial charge on any atom is 0.271 e. The van der Waals surface area contributed by atoms with Gasteiger partial charge in [0.2, 0.25) is 0 Å². The minimum absolute atomic E-state index is 0.0368. The summed E-state index contributed by atoms with van der Waals surface area (Å²) in [7, 11) is 0. The van der Waals surface area contributed by atoms with Crippen LogP contribution in [0.1, 0.15) is 67.2 Å². The Hall–Kier alpha value is -1.36. The molecule has 1 atom stereocenters. The summed E-state index contributed by atoms with van der Waals surface area (Å²) in [4.78, 5) is 12.1. The van der Waals surface area contributed by atoms with E-state index in [0.29, 0.717) is 17.8 Å². The predicted octanol–water partition coefficient (Wildman–Crippen LogP) is 1.90. The number of hydrogen-bond donors (Lipinski definition) is 3. The zero-order valence-corrected chi connectivity index (χ0v) is 11.2. The maximum absolute atomic E-state index is 12.1. The third-order valence-electron chi connectivity index (χ3n) is 4.21. The second-order valence-electron chi connectivity index (χ2n) is 5.67. The number of aromatic amines is 1. The van der Waals surface area contributed by atoms with Crippen LogP contribution in [0.3, 0.4) is 0 Å². The van der Waals surface area contributed by atoms with Crippen LogP contribution in [-0.2, 0) is 0 Å². The zero-order chi connectivity index (χ0) is 13.1. The molecule has 19 heavy (non-hydrogen) atoms. The third-order valence-corrected chi connectivity index (χ3v) is 4.21. The molecule has 1 aliphatic carbocycles. The van der Waals surface area contributed by atoms with E-state index >= 15 is 0 Å². The number of hydrogen-bond acceptors (Lipinski definition) is 3. The first-order valence-corrected chi connectivity index (χ1v) is 7.42. The number of carbonyl (C=O) groups is 1. The molecule has 1 aliphatic heterocycles. The average Bonchev–Trinajstić information content (AvgIpc) is 3.10. The Balaban J connectivity index is 1.61. The number of amides is 1. The fourth-order valence-corrected chi connectivity index (χ4v) is 3.08. The van der Waals surface area contributed by atoms with E-state index in [9.17, 15) is 4.79 Å². The monoisotopic (exact) mass is 262 g/mol. The summed E-state index contributed by atoms with van der Waals surface area (Å²) in [5.41, 5.74) is 1.56. The van der Waals surface area contributed by atoms with Gasteiger partial charge in [0.15, 0.2) is 0 Å². The third kappa shape index (κ3) is 2.97. The largest absolute Gasteiger partial charge is 0.348 e. The van der Waals surface area contributed by atoms with Crippen LogP contribution in [0.2, 0.25) is 0 Å². The lowest BCUT2D eigenvalue weighted by molar-refractivity contribution is 0.0933. The van der Waals surface area contributed by atoms with E-state index in [2.05, 4.69) is 20.8 Å². The molecule has 0 radical (unpaired) electrons. The zero-order valence-electron chi connectivity index (χ0n) is 11.2. The highest BCUT2D eigenvalue weighted by Crippen LogP contribution is 2.22. The molecule has 1 saturated carbocycles. The number of carbonyl (C=O) groups excluding carboxylic acids is 1. The second kappa shape index (κ2) is 5.74. The molecule has 2 aliphatic rings. The first-order valence-electron chi connectivity index (χ1n) is 7.42. The van der Waals surface area contributed by atoms with Crippen molar-refractivity contribution in [3.05, 3.63) is 17.5 Å². The predicted molar refractivity (Wildman–Crippen MR) is 72.9 cm³/mol. The van der Waals surface area contributed by atoms with Gasteiger partial charge in [-0.2, -0.15) is 5.10 Å². The van der Waals surface area contributed by atoms with Gasteiger partial charge < -0.3 is 10.6 Å². The SMILES string of the molecule is O=C(NC1CCCC1)c1cc([C@H]2CCCCN2)[nH]n1. The number of aromatic nitrogens is 2. The van der Waals surface area contributed by atoms with E-state index in [-0.39, 0.29) is 5.91 Å². The molecule has 0 bridgehead atoms. The summed E-state index contributed by atoms with van der Waals surface area (Å²) in [5.74, 6) is -0.0368. The lowest BCUT2D eigenvalue weighted by atomic mass is 10.0. The lowest BCUT2D eigenvalue weighted by Crippen LogP contribution is -2.32. The van der Waals surface area contributed by atoms with Crippen LogP contribution in [0.15, 0.2) is 6.07 Å². The van der Waals surface area contributed by atoms with Crippen LogP contribution in [0.5, 0.6) is 0 Å². The van der Waals surface area contributed by atoms with Crippen molar-refractivity contribution in [1.29, 1.82) is 0 Å². The van der Waals surface area contributed by atoms with Gasteiger partial charge in [0.1, 0.15) is 5.69 Å². The summed E-state index contributed by atoms with van der Waals surface area (Å²) in [5, 5.41) is 13.7. The van der Waals surface area contributed by atoms with Gasteiger partial charge in [0.25, 0.3) is 5.91 Å². The summed E-state index contributed by atoms with van der Waals surface area (Å²) in [6, 6.07) is 2.57. The van der Waals surface area contributed by atoms with Crippen molar-refractivity contribution in [2.45, 2.75) is 57.0 Å². The fraction of sp³-hybridized carbons (Fsp3) is 0.714. The van der Waals surface area contributed by atoms with Crippen molar-refractivity contribution >= 4 is 5.91 Å². The van der Waals surface area contributed by atoms with Crippen molar-refractivity contribution in [3.63, 3.8) is 0 Å². The molecule has 1 amide bonds. The van der Waals surface area contributed by atoms with Gasteiger partial charge in [0.05, 0.1) is 5.69 Å². The normalized spacial score (nSPS) is 24.5. The van der Waals surface area contributed by atoms with Crippen molar-refractivity contribution in [2.75, 3.05) is 6.54 Å². The topological polar surface area (TPSA) is 69.8 Å². The molecule has 0 aromatic carbocycles. The molecule has 5 heteroatoms. The Labute approximate surface area is 113 Å². The van der Waals surface area contributed by atoms with Crippen molar-refractivity contribution < 1.29 is 4.79 Å². The van der Waals surface area contributed by atoms with E-state index in [1.54, 1.807) is 0 Å². The van der Waals surface area contributed by atoms with Gasteiger partial charge in [-0.3, -0.25) is 9.89 Å². The van der Waals surface area contributed by atoms with Crippen LogP contribution in [-0.4, -0.2) is 28.7 Å². The molecule has 3 N–H and O–H groups in total. The maximum atomic E-state index is 12.1. The molecule has 0 unspecified atom stereocenters. The summed E-state index contributed by atoms with van der Waals surface area (Å²) in [6.07, 6.45) is 8.25. The molecule has 104 valence electrons. The Kier molecular flexibility index (Phi) is 3.82. The molecule has 2 fully saturated rings. The van der Waals surface area contributed by atoms with E-state index in [1.165, 1.54) is 25.7 Å². The smallest absolute Gasteiger partial charge is 0.271 e. The van der Waals surface area contributed by atoms with E-state index < -0.39 is 0 Å². The van der Waals surface area contributed by atoms with Crippen molar-refractivity contribution in [2.24, 2.45) is 0 Å². The molecule has 5 nitrogen and oxygen atoms in total. The van der Waals surface area contributed by atoms with E-state index in [4.69, 9.17) is 0 Å². The minimum Gasteiger partial charge on any atom is -0.348 e. The number of nitrogens with one attached hydrogen (secondary N) is 3. The van der Waals surface area contributed by atoms with Crippen LogP contribution < -0.4 is 10.6 Å². The number of piperidine rings is 1. The quantitative estimate of drug-likeness (QED) is 0.779. The molecule has 0 spiro atoms. The Morgan fingerprint density at radius 1 is 1.21 bits per heavy atom. The summed E-state index contributed by atoms with van der Waals surface area (Å²) in [6.45, 7) is 1.05. The minimum atomic E-state index is -0.0368. The average molecular weight is 262 g/mol. The van der Waals surface area contributed by atoms with Crippen LogP contribution in [0.4, 0.5) is 0 Å². The Morgan fingerprint density at radius 2 is 2.00 bits per heavy atom. The first-order chi connectivity index (χ1) is 9.33.